The summed E-state index contributed by atoms with van der Waals surface area (Å²) in [4.78, 5) is 12.3. The number of anilines is 2. The van der Waals surface area contributed by atoms with Crippen molar-refractivity contribution in [3.63, 3.8) is 0 Å². The van der Waals surface area contributed by atoms with Crippen molar-refractivity contribution in [2.24, 2.45) is 5.92 Å². The molecule has 0 bridgehead atoms. The van der Waals surface area contributed by atoms with Crippen LogP contribution in [-0.2, 0) is 0 Å². The number of fused-ring (bicyclic) bond motifs is 1. The highest BCUT2D eigenvalue weighted by Crippen LogP contribution is 2.31. The highest BCUT2D eigenvalue weighted by molar-refractivity contribution is 6.28. The largest absolute Gasteiger partial charge is 0.493 e. The number of hydrogen-bond donors (Lipinski definition) is 1. The Labute approximate surface area is 138 Å². The summed E-state index contributed by atoms with van der Waals surface area (Å²) in [5.74, 6) is 2.39. The zero-order valence-electron chi connectivity index (χ0n) is 12.4. The molecule has 1 fully saturated rings. The minimum Gasteiger partial charge on any atom is -0.493 e. The summed E-state index contributed by atoms with van der Waals surface area (Å²) in [6.45, 7) is 0.809. The standard InChI is InChI=1S/C17H15ClN4O/c18-17-20-8-13(9-21-17)22-16-15-4-3-14(23-10-11-1-2-11)7-12(15)5-6-19-16/h3-9,11H,1-2,10H2,(H,19,22). The molecule has 2 heterocycles. The minimum atomic E-state index is 0.221. The van der Waals surface area contributed by atoms with Crippen LogP contribution in [-0.4, -0.2) is 21.6 Å². The van der Waals surface area contributed by atoms with Crippen molar-refractivity contribution in [1.29, 1.82) is 0 Å². The first kappa shape index (κ1) is 14.2. The molecule has 0 unspecified atom stereocenters. The normalized spacial score (nSPS) is 14.0. The number of hydrogen-bond acceptors (Lipinski definition) is 5. The minimum absolute atomic E-state index is 0.221. The van der Waals surface area contributed by atoms with E-state index in [0.717, 1.165) is 40.6 Å². The van der Waals surface area contributed by atoms with Crippen molar-refractivity contribution in [1.82, 2.24) is 15.0 Å². The molecule has 5 nitrogen and oxygen atoms in total. The fraction of sp³-hybridized carbons (Fsp3) is 0.235. The van der Waals surface area contributed by atoms with Crippen LogP contribution < -0.4 is 10.1 Å². The van der Waals surface area contributed by atoms with Crippen molar-refractivity contribution < 1.29 is 4.74 Å². The van der Waals surface area contributed by atoms with Crippen LogP contribution in [0.25, 0.3) is 10.8 Å². The van der Waals surface area contributed by atoms with E-state index in [4.69, 9.17) is 16.3 Å². The lowest BCUT2D eigenvalue weighted by Crippen LogP contribution is -1.99. The lowest BCUT2D eigenvalue weighted by Gasteiger charge is -2.10. The molecule has 1 aliphatic rings. The molecule has 0 atom stereocenters. The van der Waals surface area contributed by atoms with Crippen LogP contribution in [0.15, 0.2) is 42.9 Å². The number of ether oxygens (including phenoxy) is 1. The van der Waals surface area contributed by atoms with Gasteiger partial charge in [0, 0.05) is 11.6 Å². The zero-order chi connectivity index (χ0) is 15.6. The topological polar surface area (TPSA) is 59.9 Å². The average molecular weight is 327 g/mol. The van der Waals surface area contributed by atoms with E-state index in [9.17, 15) is 0 Å². The summed E-state index contributed by atoms with van der Waals surface area (Å²) < 4.78 is 5.83. The Kier molecular flexibility index (Phi) is 3.71. The van der Waals surface area contributed by atoms with Crippen LogP contribution in [0.4, 0.5) is 11.5 Å². The molecule has 0 spiro atoms. The van der Waals surface area contributed by atoms with E-state index >= 15 is 0 Å². The molecule has 23 heavy (non-hydrogen) atoms. The van der Waals surface area contributed by atoms with E-state index in [0.29, 0.717) is 0 Å². The first-order chi connectivity index (χ1) is 11.3. The van der Waals surface area contributed by atoms with E-state index in [-0.39, 0.29) is 5.28 Å². The molecule has 0 saturated heterocycles. The zero-order valence-corrected chi connectivity index (χ0v) is 13.1. The number of aromatic nitrogens is 3. The number of pyridine rings is 1. The molecule has 0 aliphatic heterocycles. The van der Waals surface area contributed by atoms with Crippen LogP contribution in [0, 0.1) is 5.92 Å². The molecule has 4 rings (SSSR count). The van der Waals surface area contributed by atoms with Gasteiger partial charge in [0.2, 0.25) is 5.28 Å². The van der Waals surface area contributed by atoms with E-state index in [1.165, 1.54) is 12.8 Å². The average Bonchev–Trinajstić information content (AvgIpc) is 3.39. The van der Waals surface area contributed by atoms with E-state index in [2.05, 4.69) is 20.3 Å². The van der Waals surface area contributed by atoms with Gasteiger partial charge in [-0.25, -0.2) is 15.0 Å². The molecule has 1 saturated carbocycles. The Morgan fingerprint density at radius 1 is 1.13 bits per heavy atom. The van der Waals surface area contributed by atoms with Crippen LogP contribution >= 0.6 is 11.6 Å². The third kappa shape index (κ3) is 3.35. The number of rotatable bonds is 5. The number of nitrogens with zero attached hydrogens (tertiary/aromatic N) is 3. The summed E-state index contributed by atoms with van der Waals surface area (Å²) in [5.41, 5.74) is 0.739. The molecule has 3 aromatic rings. The molecule has 116 valence electrons. The Morgan fingerprint density at radius 2 is 1.96 bits per heavy atom. The molecular weight excluding hydrogens is 312 g/mol. The van der Waals surface area contributed by atoms with Crippen LogP contribution in [0.5, 0.6) is 5.75 Å². The molecule has 1 aliphatic carbocycles. The molecule has 1 aromatic carbocycles. The van der Waals surface area contributed by atoms with E-state index in [1.54, 1.807) is 18.6 Å². The van der Waals surface area contributed by atoms with Gasteiger partial charge in [-0.05, 0) is 60.0 Å². The summed E-state index contributed by atoms with van der Waals surface area (Å²) in [6, 6.07) is 8.02. The highest BCUT2D eigenvalue weighted by atomic mass is 35.5. The second-order valence-corrected chi connectivity index (χ2v) is 6.00. The summed E-state index contributed by atoms with van der Waals surface area (Å²) in [6.07, 6.45) is 7.60. The van der Waals surface area contributed by atoms with Gasteiger partial charge in [0.1, 0.15) is 11.6 Å². The van der Waals surface area contributed by atoms with Crippen molar-refractivity contribution in [2.45, 2.75) is 12.8 Å². The molecule has 0 amide bonds. The summed E-state index contributed by atoms with van der Waals surface area (Å²) in [5, 5.41) is 5.53. The van der Waals surface area contributed by atoms with Gasteiger partial charge in [0.15, 0.2) is 0 Å². The molecule has 1 N–H and O–H groups in total. The third-order valence-electron chi connectivity index (χ3n) is 3.80. The molecule has 6 heteroatoms. The molecule has 0 radical (unpaired) electrons. The number of halogens is 1. The Hall–Kier alpha value is -2.40. The Morgan fingerprint density at radius 3 is 2.74 bits per heavy atom. The first-order valence-corrected chi connectivity index (χ1v) is 7.92. The second-order valence-electron chi connectivity index (χ2n) is 5.66. The fourth-order valence-corrected chi connectivity index (χ4v) is 2.46. The maximum absolute atomic E-state index is 5.83. The summed E-state index contributed by atoms with van der Waals surface area (Å²) in [7, 11) is 0. The fourth-order valence-electron chi connectivity index (χ4n) is 2.36. The van der Waals surface area contributed by atoms with Gasteiger partial charge >= 0.3 is 0 Å². The van der Waals surface area contributed by atoms with Gasteiger partial charge in [-0.2, -0.15) is 0 Å². The molecule has 2 aromatic heterocycles. The van der Waals surface area contributed by atoms with E-state index in [1.807, 2.05) is 24.3 Å². The van der Waals surface area contributed by atoms with Gasteiger partial charge in [0.05, 0.1) is 24.7 Å². The van der Waals surface area contributed by atoms with Crippen molar-refractivity contribution in [2.75, 3.05) is 11.9 Å². The van der Waals surface area contributed by atoms with Gasteiger partial charge in [-0.15, -0.1) is 0 Å². The maximum atomic E-state index is 5.83. The second kappa shape index (κ2) is 6.01. The highest BCUT2D eigenvalue weighted by Gasteiger charge is 2.21. The lowest BCUT2D eigenvalue weighted by molar-refractivity contribution is 0.300. The van der Waals surface area contributed by atoms with Gasteiger partial charge in [-0.1, -0.05) is 0 Å². The quantitative estimate of drug-likeness (QED) is 0.712. The third-order valence-corrected chi connectivity index (χ3v) is 4.00. The first-order valence-electron chi connectivity index (χ1n) is 7.54. The lowest BCUT2D eigenvalue weighted by atomic mass is 10.1. The van der Waals surface area contributed by atoms with Crippen molar-refractivity contribution >= 4 is 33.9 Å². The monoisotopic (exact) mass is 326 g/mol. The van der Waals surface area contributed by atoms with Crippen LogP contribution in [0.2, 0.25) is 5.28 Å². The smallest absolute Gasteiger partial charge is 0.222 e. The molecular formula is C17H15ClN4O. The Bertz CT molecular complexity index is 834. The van der Waals surface area contributed by atoms with Crippen LogP contribution in [0.3, 0.4) is 0 Å². The van der Waals surface area contributed by atoms with Crippen molar-refractivity contribution in [3.8, 4) is 5.75 Å². The van der Waals surface area contributed by atoms with Crippen LogP contribution in [0.1, 0.15) is 12.8 Å². The predicted octanol–water partition coefficient (Wildman–Crippen LogP) is 4.21. The predicted molar refractivity (Wildman–Crippen MR) is 90.3 cm³/mol. The SMILES string of the molecule is Clc1ncc(Nc2nccc3cc(OCC4CC4)ccc23)cn1. The van der Waals surface area contributed by atoms with Gasteiger partial charge in [-0.3, -0.25) is 0 Å². The summed E-state index contributed by atoms with van der Waals surface area (Å²) >= 11 is 5.70. The van der Waals surface area contributed by atoms with Crippen molar-refractivity contribution in [3.05, 3.63) is 48.1 Å². The van der Waals surface area contributed by atoms with E-state index < -0.39 is 0 Å². The van der Waals surface area contributed by atoms with Gasteiger partial charge in [0.25, 0.3) is 0 Å². The number of benzene rings is 1. The number of nitrogens with one attached hydrogen (secondary N) is 1. The Balaban J connectivity index is 1.60. The van der Waals surface area contributed by atoms with Gasteiger partial charge < -0.3 is 10.1 Å². The maximum Gasteiger partial charge on any atom is 0.222 e.